The zero-order chi connectivity index (χ0) is 25.5. The molecule has 4 rings (SSSR count). The average molecular weight is 501 g/mol. The quantitative estimate of drug-likeness (QED) is 0.250. The van der Waals surface area contributed by atoms with E-state index < -0.39 is 0 Å². The summed E-state index contributed by atoms with van der Waals surface area (Å²) in [5.41, 5.74) is 2.85. The minimum absolute atomic E-state index is 0.125. The van der Waals surface area contributed by atoms with Crippen LogP contribution in [0.25, 0.3) is 10.2 Å². The van der Waals surface area contributed by atoms with E-state index in [2.05, 4.69) is 46.3 Å². The molecule has 1 atom stereocenters. The van der Waals surface area contributed by atoms with Gasteiger partial charge in [0.25, 0.3) is 0 Å². The number of carbonyl (C=O) groups excluding carboxylic acids is 2. The number of rotatable bonds is 12. The number of carbonyl (C=O) groups is 2. The van der Waals surface area contributed by atoms with E-state index in [9.17, 15) is 14.0 Å². The molecule has 8 heteroatoms. The van der Waals surface area contributed by atoms with Crippen molar-refractivity contribution < 1.29 is 14.0 Å². The molecule has 1 amide bonds. The number of anilines is 1. The van der Waals surface area contributed by atoms with E-state index in [1.165, 1.54) is 29.5 Å². The Hall–Kier alpha value is -2.87. The predicted octanol–water partition coefficient (Wildman–Crippen LogP) is 5.82. The highest BCUT2D eigenvalue weighted by atomic mass is 32.1. The number of para-hydroxylation sites is 1. The highest BCUT2D eigenvalue weighted by molar-refractivity contribution is 7.22. The summed E-state index contributed by atoms with van der Waals surface area (Å²) in [5.74, 6) is 0.125. The summed E-state index contributed by atoms with van der Waals surface area (Å²) < 4.78 is 10.7. The summed E-state index contributed by atoms with van der Waals surface area (Å²) in [6.07, 6.45) is 12.2. The molecular formula is C27H37FN4O2S. The zero-order valence-electron chi connectivity index (χ0n) is 21.0. The van der Waals surface area contributed by atoms with E-state index in [0.717, 1.165) is 42.7 Å². The first-order valence-corrected chi connectivity index (χ1v) is 12.8. The van der Waals surface area contributed by atoms with Crippen LogP contribution in [0, 0.1) is 11.3 Å². The van der Waals surface area contributed by atoms with Gasteiger partial charge in [0.2, 0.25) is 6.41 Å². The van der Waals surface area contributed by atoms with Gasteiger partial charge in [-0.15, -0.1) is 0 Å². The van der Waals surface area contributed by atoms with Crippen molar-refractivity contribution in [1.82, 2.24) is 15.3 Å². The first-order valence-electron chi connectivity index (χ1n) is 12.0. The molecule has 2 aromatic heterocycles. The van der Waals surface area contributed by atoms with E-state index in [4.69, 9.17) is 0 Å². The second-order valence-electron chi connectivity index (χ2n) is 9.14. The number of thiazole rings is 1. The Morgan fingerprint density at radius 2 is 1.94 bits per heavy atom. The van der Waals surface area contributed by atoms with Crippen LogP contribution in [-0.2, 0) is 16.1 Å². The molecule has 2 heterocycles. The molecule has 0 radical (unpaired) electrons. The maximum absolute atomic E-state index is 10.8. The summed E-state index contributed by atoms with van der Waals surface area (Å²) in [4.78, 5) is 31.7. The predicted molar refractivity (Wildman–Crippen MR) is 142 cm³/mol. The van der Waals surface area contributed by atoms with Gasteiger partial charge in [0.1, 0.15) is 6.29 Å². The van der Waals surface area contributed by atoms with Gasteiger partial charge in [0.15, 0.2) is 5.13 Å². The molecule has 1 unspecified atom stereocenters. The number of nitrogens with zero attached hydrogens (tertiary/aromatic N) is 3. The number of nitrogens with one attached hydrogen (secondary N) is 1. The SMILES string of the molecule is CC1(CCCC(C=O)CCNC=O)CC1.CF.CN(Cc1cccnc1)c1nc2ccccc2s1. The van der Waals surface area contributed by atoms with Crippen molar-refractivity contribution in [3.8, 4) is 0 Å². The number of alkyl halides is 1. The molecule has 0 spiro atoms. The van der Waals surface area contributed by atoms with Crippen molar-refractivity contribution in [3.63, 3.8) is 0 Å². The first kappa shape index (κ1) is 28.4. The van der Waals surface area contributed by atoms with E-state index >= 15 is 0 Å². The Kier molecular flexibility index (Phi) is 12.3. The van der Waals surface area contributed by atoms with Crippen LogP contribution < -0.4 is 10.2 Å². The number of aromatic nitrogens is 2. The lowest BCUT2D eigenvalue weighted by atomic mass is 9.95. The lowest BCUT2D eigenvalue weighted by Gasteiger charge is -2.14. The molecule has 1 aromatic carbocycles. The largest absolute Gasteiger partial charge is 0.359 e. The van der Waals surface area contributed by atoms with Crippen LogP contribution in [0.3, 0.4) is 0 Å². The molecule has 1 fully saturated rings. The summed E-state index contributed by atoms with van der Waals surface area (Å²) in [7, 11) is 2.56. The molecule has 0 bridgehead atoms. The maximum atomic E-state index is 10.8. The average Bonchev–Trinajstić information content (AvgIpc) is 3.46. The lowest BCUT2D eigenvalue weighted by Crippen LogP contribution is -2.17. The number of pyridine rings is 1. The van der Waals surface area contributed by atoms with Crippen LogP contribution in [0.4, 0.5) is 9.52 Å². The van der Waals surface area contributed by atoms with Crippen LogP contribution in [0.5, 0.6) is 0 Å². The molecule has 1 N–H and O–H groups in total. The lowest BCUT2D eigenvalue weighted by molar-refractivity contribution is -0.112. The Bertz CT molecular complexity index is 978. The number of hydrogen-bond donors (Lipinski definition) is 1. The molecule has 190 valence electrons. The van der Waals surface area contributed by atoms with Crippen LogP contribution >= 0.6 is 11.3 Å². The number of halogens is 1. The number of amides is 1. The monoisotopic (exact) mass is 500 g/mol. The third-order valence-corrected chi connectivity index (χ3v) is 7.30. The number of aldehydes is 1. The van der Waals surface area contributed by atoms with Gasteiger partial charge < -0.3 is 15.0 Å². The summed E-state index contributed by atoms with van der Waals surface area (Å²) in [6, 6.07) is 12.3. The molecule has 3 aromatic rings. The third kappa shape index (κ3) is 10.1. The normalized spacial score (nSPS) is 13.9. The number of fused-ring (bicyclic) bond motifs is 1. The van der Waals surface area contributed by atoms with Crippen molar-refractivity contribution >= 4 is 39.4 Å². The van der Waals surface area contributed by atoms with Gasteiger partial charge >= 0.3 is 0 Å². The van der Waals surface area contributed by atoms with Crippen molar-refractivity contribution in [1.29, 1.82) is 0 Å². The molecule has 6 nitrogen and oxygen atoms in total. The molecule has 0 saturated heterocycles. The van der Waals surface area contributed by atoms with Gasteiger partial charge in [0.05, 0.1) is 17.4 Å². The Labute approximate surface area is 212 Å². The van der Waals surface area contributed by atoms with E-state index in [0.29, 0.717) is 25.5 Å². The minimum Gasteiger partial charge on any atom is -0.359 e. The van der Waals surface area contributed by atoms with Crippen molar-refractivity contribution in [2.24, 2.45) is 11.3 Å². The van der Waals surface area contributed by atoms with Crippen molar-refractivity contribution in [2.75, 3.05) is 25.7 Å². The fraction of sp³-hybridized carbons (Fsp3) is 0.481. The molecule has 35 heavy (non-hydrogen) atoms. The minimum atomic E-state index is 0.125. The Balaban J connectivity index is 0.000000235. The molecule has 0 aliphatic heterocycles. The van der Waals surface area contributed by atoms with Gasteiger partial charge in [-0.05, 0) is 61.3 Å². The zero-order valence-corrected chi connectivity index (χ0v) is 21.8. The standard InChI is InChI=1S/C14H13N3S.C12H21NO2.CH3F/c1-17(10-11-5-4-8-15-9-11)14-16-12-6-2-3-7-13(12)18-14;1-12(6-7-12)5-2-3-11(9-14)4-8-13-10-15;1-2/h2-9H,10H2,1H3;9-11H,2-8H2,1H3,(H,13,15);1H3. The van der Waals surface area contributed by atoms with Crippen molar-refractivity contribution in [3.05, 3.63) is 54.4 Å². The fourth-order valence-electron chi connectivity index (χ4n) is 3.72. The topological polar surface area (TPSA) is 75.2 Å². The highest BCUT2D eigenvalue weighted by Crippen LogP contribution is 2.49. The van der Waals surface area contributed by atoms with Crippen LogP contribution in [0.1, 0.15) is 51.0 Å². The van der Waals surface area contributed by atoms with Gasteiger partial charge in [-0.2, -0.15) is 0 Å². The van der Waals surface area contributed by atoms with Crippen LogP contribution in [0.2, 0.25) is 0 Å². The van der Waals surface area contributed by atoms with Crippen molar-refractivity contribution in [2.45, 2.75) is 52.0 Å². The fourth-order valence-corrected chi connectivity index (χ4v) is 4.64. The number of benzene rings is 1. The summed E-state index contributed by atoms with van der Waals surface area (Å²) in [6.45, 7) is 3.76. The van der Waals surface area contributed by atoms with E-state index in [1.54, 1.807) is 17.5 Å². The molecular weight excluding hydrogens is 463 g/mol. The van der Waals surface area contributed by atoms with Gasteiger partial charge in [0, 0.05) is 38.4 Å². The van der Waals surface area contributed by atoms with Gasteiger partial charge in [-0.1, -0.05) is 42.9 Å². The first-order chi connectivity index (χ1) is 17.0. The smallest absolute Gasteiger partial charge is 0.207 e. The van der Waals surface area contributed by atoms with E-state index in [-0.39, 0.29) is 5.92 Å². The molecule has 1 saturated carbocycles. The Morgan fingerprint density at radius 1 is 1.17 bits per heavy atom. The third-order valence-electron chi connectivity index (χ3n) is 6.15. The maximum Gasteiger partial charge on any atom is 0.207 e. The van der Waals surface area contributed by atoms with Crippen LogP contribution in [-0.4, -0.2) is 43.4 Å². The molecule has 1 aliphatic carbocycles. The highest BCUT2D eigenvalue weighted by Gasteiger charge is 2.36. The summed E-state index contributed by atoms with van der Waals surface area (Å²) in [5, 5.41) is 3.63. The summed E-state index contributed by atoms with van der Waals surface area (Å²) >= 11 is 1.72. The second-order valence-corrected chi connectivity index (χ2v) is 10.2. The second kappa shape index (κ2) is 15.2. The van der Waals surface area contributed by atoms with Gasteiger partial charge in [-0.3, -0.25) is 14.2 Å². The number of hydrogen-bond acceptors (Lipinski definition) is 6. The molecule has 1 aliphatic rings. The van der Waals surface area contributed by atoms with Crippen LogP contribution in [0.15, 0.2) is 48.8 Å². The Morgan fingerprint density at radius 3 is 2.57 bits per heavy atom. The van der Waals surface area contributed by atoms with E-state index in [1.807, 2.05) is 30.5 Å². The van der Waals surface area contributed by atoms with Gasteiger partial charge in [-0.25, -0.2) is 4.98 Å².